The van der Waals surface area contributed by atoms with Gasteiger partial charge in [0.1, 0.15) is 0 Å². The van der Waals surface area contributed by atoms with Crippen LogP contribution in [0.15, 0.2) is 37.4 Å². The summed E-state index contributed by atoms with van der Waals surface area (Å²) in [6.07, 6.45) is 0. The van der Waals surface area contributed by atoms with Crippen molar-refractivity contribution >= 4 is 23.1 Å². The fraction of sp³-hybridized carbons (Fsp3) is 0.333. The SMILES string of the molecule is C=C.Nc1ccc(N2CCSCC2)cc1. The summed E-state index contributed by atoms with van der Waals surface area (Å²) in [5, 5.41) is 0. The molecule has 1 aromatic carbocycles. The maximum absolute atomic E-state index is 5.63. The molecule has 2 N–H and O–H groups in total. The molecule has 0 aliphatic carbocycles. The van der Waals surface area contributed by atoms with Crippen LogP contribution in [-0.2, 0) is 0 Å². The number of nitrogens with two attached hydrogens (primary N) is 1. The van der Waals surface area contributed by atoms with Gasteiger partial charge in [-0.1, -0.05) is 0 Å². The minimum Gasteiger partial charge on any atom is -0.399 e. The highest BCUT2D eigenvalue weighted by Gasteiger charge is 2.09. The maximum atomic E-state index is 5.63. The predicted molar refractivity (Wildman–Crippen MR) is 71.6 cm³/mol. The average molecular weight is 222 g/mol. The van der Waals surface area contributed by atoms with E-state index in [4.69, 9.17) is 5.73 Å². The molecule has 0 radical (unpaired) electrons. The molecule has 0 saturated carbocycles. The van der Waals surface area contributed by atoms with Gasteiger partial charge in [0.15, 0.2) is 0 Å². The van der Waals surface area contributed by atoms with Crippen LogP contribution in [0.1, 0.15) is 0 Å². The van der Waals surface area contributed by atoms with E-state index in [9.17, 15) is 0 Å². The maximum Gasteiger partial charge on any atom is 0.0368 e. The van der Waals surface area contributed by atoms with Gasteiger partial charge >= 0.3 is 0 Å². The van der Waals surface area contributed by atoms with Gasteiger partial charge in [-0.15, -0.1) is 13.2 Å². The molecule has 1 aliphatic heterocycles. The van der Waals surface area contributed by atoms with Crippen LogP contribution in [-0.4, -0.2) is 24.6 Å². The minimum absolute atomic E-state index is 0.843. The van der Waals surface area contributed by atoms with E-state index in [1.54, 1.807) is 0 Å². The van der Waals surface area contributed by atoms with E-state index >= 15 is 0 Å². The second kappa shape index (κ2) is 6.40. The van der Waals surface area contributed by atoms with E-state index in [1.165, 1.54) is 17.2 Å². The fourth-order valence-corrected chi connectivity index (χ4v) is 2.41. The second-order valence-corrected chi connectivity index (χ2v) is 4.42. The summed E-state index contributed by atoms with van der Waals surface area (Å²) in [5.41, 5.74) is 7.78. The summed E-state index contributed by atoms with van der Waals surface area (Å²) in [5.74, 6) is 2.48. The van der Waals surface area contributed by atoms with Gasteiger partial charge < -0.3 is 10.6 Å². The minimum atomic E-state index is 0.843. The highest BCUT2D eigenvalue weighted by molar-refractivity contribution is 7.99. The standard InChI is InChI=1S/C10H14N2S.C2H4/c11-9-1-3-10(4-2-9)12-5-7-13-8-6-12;1-2/h1-4H,5-8,11H2;1-2H2. The van der Waals surface area contributed by atoms with Crippen molar-refractivity contribution in [2.24, 2.45) is 0 Å². The molecule has 2 nitrogen and oxygen atoms in total. The number of rotatable bonds is 1. The number of anilines is 2. The first-order valence-electron chi connectivity index (χ1n) is 5.04. The monoisotopic (exact) mass is 222 g/mol. The number of hydrogen-bond donors (Lipinski definition) is 1. The Morgan fingerprint density at radius 2 is 1.60 bits per heavy atom. The van der Waals surface area contributed by atoms with Gasteiger partial charge in [-0.05, 0) is 24.3 Å². The van der Waals surface area contributed by atoms with Gasteiger partial charge in [0.05, 0.1) is 0 Å². The van der Waals surface area contributed by atoms with Crippen molar-refractivity contribution in [2.75, 3.05) is 35.2 Å². The van der Waals surface area contributed by atoms with Crippen molar-refractivity contribution in [1.82, 2.24) is 0 Å². The van der Waals surface area contributed by atoms with Crippen LogP contribution in [0.25, 0.3) is 0 Å². The zero-order valence-electron chi connectivity index (χ0n) is 8.98. The lowest BCUT2D eigenvalue weighted by atomic mass is 10.2. The van der Waals surface area contributed by atoms with Gasteiger partial charge in [-0.25, -0.2) is 0 Å². The molecule has 0 aromatic heterocycles. The molecule has 1 aliphatic rings. The Morgan fingerprint density at radius 3 is 2.13 bits per heavy atom. The Balaban J connectivity index is 0.000000531. The third kappa shape index (κ3) is 3.51. The molecule has 0 atom stereocenters. The van der Waals surface area contributed by atoms with Crippen molar-refractivity contribution in [2.45, 2.75) is 0 Å². The Labute approximate surface area is 96.2 Å². The van der Waals surface area contributed by atoms with Gasteiger partial charge in [-0.2, -0.15) is 11.8 Å². The third-order valence-electron chi connectivity index (χ3n) is 2.27. The Bertz CT molecular complexity index is 278. The Kier molecular flexibility index (Phi) is 5.12. The molecule has 1 saturated heterocycles. The van der Waals surface area contributed by atoms with Crippen molar-refractivity contribution in [1.29, 1.82) is 0 Å². The summed E-state index contributed by atoms with van der Waals surface area (Å²) in [6.45, 7) is 8.32. The van der Waals surface area contributed by atoms with E-state index in [0.717, 1.165) is 18.8 Å². The van der Waals surface area contributed by atoms with Crippen LogP contribution < -0.4 is 10.6 Å². The summed E-state index contributed by atoms with van der Waals surface area (Å²) < 4.78 is 0. The lowest BCUT2D eigenvalue weighted by Gasteiger charge is -2.28. The summed E-state index contributed by atoms with van der Waals surface area (Å²) >= 11 is 2.03. The van der Waals surface area contributed by atoms with Gasteiger partial charge in [-0.3, -0.25) is 0 Å². The van der Waals surface area contributed by atoms with E-state index in [0.29, 0.717) is 0 Å². The number of thioether (sulfide) groups is 1. The van der Waals surface area contributed by atoms with E-state index in [2.05, 4.69) is 30.2 Å². The molecule has 0 amide bonds. The van der Waals surface area contributed by atoms with E-state index in [1.807, 2.05) is 23.9 Å². The van der Waals surface area contributed by atoms with Crippen LogP contribution in [0.2, 0.25) is 0 Å². The molecule has 3 heteroatoms. The number of nitrogen functional groups attached to an aromatic ring is 1. The Hall–Kier alpha value is -1.09. The number of nitrogens with zero attached hydrogens (tertiary/aromatic N) is 1. The zero-order valence-corrected chi connectivity index (χ0v) is 9.80. The van der Waals surface area contributed by atoms with E-state index < -0.39 is 0 Å². The molecule has 0 bridgehead atoms. The molecule has 1 fully saturated rings. The van der Waals surface area contributed by atoms with Crippen LogP contribution in [0.5, 0.6) is 0 Å². The summed E-state index contributed by atoms with van der Waals surface area (Å²) in [4.78, 5) is 2.41. The fourth-order valence-electron chi connectivity index (χ4n) is 1.51. The molecule has 15 heavy (non-hydrogen) atoms. The van der Waals surface area contributed by atoms with Gasteiger partial charge in [0.2, 0.25) is 0 Å². The normalized spacial score (nSPS) is 15.3. The smallest absolute Gasteiger partial charge is 0.0368 e. The van der Waals surface area contributed by atoms with Crippen LogP contribution in [0, 0.1) is 0 Å². The van der Waals surface area contributed by atoms with Crippen molar-refractivity contribution in [3.8, 4) is 0 Å². The second-order valence-electron chi connectivity index (χ2n) is 3.19. The molecule has 2 rings (SSSR count). The molecule has 1 heterocycles. The van der Waals surface area contributed by atoms with Gasteiger partial charge in [0, 0.05) is 36.0 Å². The molecule has 0 unspecified atom stereocenters. The highest BCUT2D eigenvalue weighted by Crippen LogP contribution is 2.20. The zero-order chi connectivity index (χ0) is 11.1. The molecular formula is C12H18N2S. The topological polar surface area (TPSA) is 29.3 Å². The van der Waals surface area contributed by atoms with Gasteiger partial charge in [0.25, 0.3) is 0 Å². The van der Waals surface area contributed by atoms with Crippen molar-refractivity contribution < 1.29 is 0 Å². The van der Waals surface area contributed by atoms with Crippen LogP contribution in [0.3, 0.4) is 0 Å². The summed E-state index contributed by atoms with van der Waals surface area (Å²) in [7, 11) is 0. The Morgan fingerprint density at radius 1 is 1.07 bits per heavy atom. The summed E-state index contributed by atoms with van der Waals surface area (Å²) in [6, 6.07) is 8.14. The predicted octanol–water partition coefficient (Wildman–Crippen LogP) is 2.62. The molecular weight excluding hydrogens is 204 g/mol. The number of hydrogen-bond acceptors (Lipinski definition) is 3. The average Bonchev–Trinajstić information content (AvgIpc) is 2.34. The van der Waals surface area contributed by atoms with Crippen molar-refractivity contribution in [3.05, 3.63) is 37.4 Å². The van der Waals surface area contributed by atoms with Crippen molar-refractivity contribution in [3.63, 3.8) is 0 Å². The highest BCUT2D eigenvalue weighted by atomic mass is 32.2. The van der Waals surface area contributed by atoms with E-state index in [-0.39, 0.29) is 0 Å². The van der Waals surface area contributed by atoms with Crippen LogP contribution in [0.4, 0.5) is 11.4 Å². The lowest BCUT2D eigenvalue weighted by Crippen LogP contribution is -2.32. The molecule has 82 valence electrons. The quantitative estimate of drug-likeness (QED) is 0.585. The lowest BCUT2D eigenvalue weighted by molar-refractivity contribution is 0.859. The first-order chi connectivity index (χ1) is 7.36. The number of benzene rings is 1. The third-order valence-corrected chi connectivity index (χ3v) is 3.21. The largest absolute Gasteiger partial charge is 0.399 e. The molecule has 0 spiro atoms. The van der Waals surface area contributed by atoms with Crippen LogP contribution >= 0.6 is 11.8 Å². The first-order valence-corrected chi connectivity index (χ1v) is 6.20. The molecule has 1 aromatic rings. The first kappa shape index (κ1) is 12.0.